The maximum absolute atomic E-state index is 14.0. The largest absolute Gasteiger partial charge is 0.271 e. The molecule has 4 atom stereocenters. The fourth-order valence-electron chi connectivity index (χ4n) is 6.48. The fourth-order valence-corrected chi connectivity index (χ4v) is 6.48. The minimum Gasteiger partial charge on any atom is -0.271 e. The minimum absolute atomic E-state index is 0.00494. The summed E-state index contributed by atoms with van der Waals surface area (Å²) in [6.07, 6.45) is 4.83. The average Bonchev–Trinajstić information content (AvgIpc) is 3.71. The van der Waals surface area contributed by atoms with Gasteiger partial charge in [0.05, 0.1) is 22.4 Å². The second kappa shape index (κ2) is 11.0. The van der Waals surface area contributed by atoms with Crippen molar-refractivity contribution in [1.82, 2.24) is 10.0 Å². The van der Waals surface area contributed by atoms with Crippen molar-refractivity contribution in [3.63, 3.8) is 0 Å². The van der Waals surface area contributed by atoms with Gasteiger partial charge in [0, 0.05) is 18.1 Å². The van der Waals surface area contributed by atoms with Crippen LogP contribution in [0.25, 0.3) is 6.08 Å². The Balaban J connectivity index is 1.16. The third-order valence-corrected chi connectivity index (χ3v) is 8.51. The number of hydrogen-bond acceptors (Lipinski definition) is 9. The Bertz CT molecular complexity index is 1740. The minimum atomic E-state index is -1.11. The number of nitrogens with zero attached hydrogens (tertiary/aromatic N) is 7. The number of rotatable bonds is 6. The molecule has 0 aromatic heterocycles. The summed E-state index contributed by atoms with van der Waals surface area (Å²) in [5.74, 6) is -1.56. The maximum Gasteiger partial charge on any atom is 0.269 e. The number of hydrazone groups is 1. The van der Waals surface area contributed by atoms with Gasteiger partial charge in [0.25, 0.3) is 23.4 Å². The molecule has 3 amide bonds. The quantitative estimate of drug-likeness (QED) is 0.232. The molecule has 0 unspecified atom stereocenters. The van der Waals surface area contributed by atoms with Gasteiger partial charge in [-0.1, -0.05) is 65.9 Å². The van der Waals surface area contributed by atoms with E-state index in [1.807, 2.05) is 60.7 Å². The third kappa shape index (κ3) is 4.64. The van der Waals surface area contributed by atoms with E-state index in [2.05, 4.69) is 16.4 Å². The van der Waals surface area contributed by atoms with E-state index in [1.54, 1.807) is 0 Å². The van der Waals surface area contributed by atoms with Gasteiger partial charge in [0.15, 0.2) is 12.1 Å². The van der Waals surface area contributed by atoms with Gasteiger partial charge in [-0.3, -0.25) is 29.5 Å². The zero-order valence-corrected chi connectivity index (χ0v) is 23.5. The fraction of sp³-hybridized carbons (Fsp3) is 0.250. The first-order chi connectivity index (χ1) is 21.4. The molecule has 1 saturated carbocycles. The summed E-state index contributed by atoms with van der Waals surface area (Å²) in [6.45, 7) is -0.303. The lowest BCUT2D eigenvalue weighted by Crippen LogP contribution is -2.45. The molecule has 3 aromatic rings. The molecule has 3 aromatic carbocycles. The summed E-state index contributed by atoms with van der Waals surface area (Å²) in [5, 5.41) is 26.8. The lowest BCUT2D eigenvalue weighted by Gasteiger charge is -2.30. The van der Waals surface area contributed by atoms with Crippen molar-refractivity contribution in [3.05, 3.63) is 112 Å². The molecule has 0 bridgehead atoms. The number of non-ortho nitro benzene ring substituents is 1. The second-order valence-corrected chi connectivity index (χ2v) is 11.1. The van der Waals surface area contributed by atoms with Gasteiger partial charge >= 0.3 is 0 Å². The molecule has 3 aliphatic heterocycles. The standard InChI is InChI=1S/C32H27N7O5/c40-26(19-36-30-28(33-35-36)31(41)37(32(30)42)23-14-16-24(17-15-23)39(43)44)38-29(21-10-5-2-6-11-21)25-13-7-12-22(27(25)34-38)18-20-8-3-1-4-9-20/h1-6,8-11,14-18,25,28-30H,7,12-13,19H2/b22-18-/t25-,28+,29-,30-/m0/s1. The van der Waals surface area contributed by atoms with Crippen LogP contribution in [0.3, 0.4) is 0 Å². The van der Waals surface area contributed by atoms with E-state index in [4.69, 9.17) is 5.10 Å². The molecule has 12 nitrogen and oxygen atoms in total. The highest BCUT2D eigenvalue weighted by Crippen LogP contribution is 2.44. The van der Waals surface area contributed by atoms with Crippen LogP contribution in [0.1, 0.15) is 36.4 Å². The van der Waals surface area contributed by atoms with Crippen LogP contribution in [0.15, 0.2) is 106 Å². The van der Waals surface area contributed by atoms with Gasteiger partial charge in [0.2, 0.25) is 0 Å². The van der Waals surface area contributed by atoms with Gasteiger partial charge < -0.3 is 0 Å². The summed E-state index contributed by atoms with van der Waals surface area (Å²) >= 11 is 0. The number of fused-ring (bicyclic) bond motifs is 2. The molecule has 0 radical (unpaired) electrons. The third-order valence-electron chi connectivity index (χ3n) is 8.51. The maximum atomic E-state index is 14.0. The van der Waals surface area contributed by atoms with Crippen molar-refractivity contribution in [3.8, 4) is 0 Å². The predicted molar refractivity (Wildman–Crippen MR) is 160 cm³/mol. The van der Waals surface area contributed by atoms with E-state index >= 15 is 0 Å². The molecule has 12 heteroatoms. The average molecular weight is 590 g/mol. The van der Waals surface area contributed by atoms with Crippen molar-refractivity contribution in [2.45, 2.75) is 37.4 Å². The Labute approximate surface area is 252 Å². The number of anilines is 1. The molecule has 1 saturated heterocycles. The summed E-state index contributed by atoms with van der Waals surface area (Å²) in [6, 6.07) is 22.4. The molecule has 220 valence electrons. The smallest absolute Gasteiger partial charge is 0.269 e. The van der Waals surface area contributed by atoms with Crippen LogP contribution in [0, 0.1) is 16.0 Å². The molecule has 44 heavy (non-hydrogen) atoms. The van der Waals surface area contributed by atoms with Crippen LogP contribution < -0.4 is 4.90 Å². The van der Waals surface area contributed by atoms with E-state index in [1.165, 1.54) is 34.3 Å². The molecule has 3 heterocycles. The van der Waals surface area contributed by atoms with Gasteiger partial charge in [0.1, 0.15) is 6.54 Å². The first kappa shape index (κ1) is 27.3. The van der Waals surface area contributed by atoms with Gasteiger partial charge in [-0.2, -0.15) is 10.2 Å². The highest BCUT2D eigenvalue weighted by molar-refractivity contribution is 6.25. The molecular weight excluding hydrogens is 562 g/mol. The van der Waals surface area contributed by atoms with Crippen molar-refractivity contribution in [1.29, 1.82) is 0 Å². The molecule has 7 rings (SSSR count). The van der Waals surface area contributed by atoms with E-state index < -0.39 is 28.8 Å². The number of imide groups is 1. The highest BCUT2D eigenvalue weighted by atomic mass is 16.6. The highest BCUT2D eigenvalue weighted by Gasteiger charge is 2.55. The summed E-state index contributed by atoms with van der Waals surface area (Å²) in [7, 11) is 0. The van der Waals surface area contributed by atoms with Crippen molar-refractivity contribution in [2.75, 3.05) is 11.4 Å². The van der Waals surface area contributed by atoms with Crippen LogP contribution in [-0.4, -0.2) is 57.0 Å². The van der Waals surface area contributed by atoms with Crippen molar-refractivity contribution in [2.24, 2.45) is 21.4 Å². The number of amides is 3. The van der Waals surface area contributed by atoms with Gasteiger partial charge in [-0.15, -0.1) is 0 Å². The predicted octanol–water partition coefficient (Wildman–Crippen LogP) is 4.71. The molecular formula is C32H27N7O5. The zero-order valence-electron chi connectivity index (χ0n) is 23.5. The van der Waals surface area contributed by atoms with E-state index in [-0.39, 0.29) is 35.8 Å². The second-order valence-electron chi connectivity index (χ2n) is 11.1. The lowest BCUT2D eigenvalue weighted by molar-refractivity contribution is -0.384. The summed E-state index contributed by atoms with van der Waals surface area (Å²) < 4.78 is 0. The first-order valence-corrected chi connectivity index (χ1v) is 14.4. The molecule has 1 aliphatic carbocycles. The number of hydrogen-bond donors (Lipinski definition) is 0. The number of allylic oxidation sites excluding steroid dienone is 1. The van der Waals surface area contributed by atoms with Crippen LogP contribution >= 0.6 is 0 Å². The van der Waals surface area contributed by atoms with Crippen molar-refractivity contribution < 1.29 is 19.3 Å². The Kier molecular flexibility index (Phi) is 6.80. The lowest BCUT2D eigenvalue weighted by atomic mass is 9.77. The number of carbonyl (C=O) groups is 3. The summed E-state index contributed by atoms with van der Waals surface area (Å²) in [5.41, 5.74) is 4.04. The van der Waals surface area contributed by atoms with Crippen LogP contribution in [0.5, 0.6) is 0 Å². The zero-order chi connectivity index (χ0) is 30.4. The van der Waals surface area contributed by atoms with E-state index in [9.17, 15) is 24.5 Å². The molecule has 0 spiro atoms. The number of benzene rings is 3. The number of nitro groups is 1. The van der Waals surface area contributed by atoms with Crippen LogP contribution in [0.4, 0.5) is 11.4 Å². The van der Waals surface area contributed by atoms with E-state index in [0.29, 0.717) is 0 Å². The summed E-state index contributed by atoms with van der Waals surface area (Å²) in [4.78, 5) is 52.1. The molecule has 0 N–H and O–H groups in total. The molecule has 2 fully saturated rings. The van der Waals surface area contributed by atoms with Crippen LogP contribution in [-0.2, 0) is 14.4 Å². The Morgan fingerprint density at radius 3 is 2.34 bits per heavy atom. The van der Waals surface area contributed by atoms with Crippen LogP contribution in [0.2, 0.25) is 0 Å². The normalized spacial score (nSPS) is 25.0. The van der Waals surface area contributed by atoms with Gasteiger partial charge in [-0.25, -0.2) is 9.91 Å². The molecule has 4 aliphatic rings. The number of carbonyl (C=O) groups excluding carboxylic acids is 3. The first-order valence-electron chi connectivity index (χ1n) is 14.4. The topological polar surface area (TPSA) is 141 Å². The monoisotopic (exact) mass is 589 g/mol. The Morgan fingerprint density at radius 2 is 1.64 bits per heavy atom. The Hall–Kier alpha value is -5.52. The van der Waals surface area contributed by atoms with Gasteiger partial charge in [-0.05, 0) is 54.2 Å². The van der Waals surface area contributed by atoms with E-state index in [0.717, 1.165) is 46.6 Å². The van der Waals surface area contributed by atoms with Crippen molar-refractivity contribution >= 4 is 40.9 Å². The number of nitro benzene ring substituents is 1. The Morgan fingerprint density at radius 1 is 0.932 bits per heavy atom. The SMILES string of the molecule is O=C1[C@@H]2[C@@H](N=NN2CC(=O)N2N=C3/C(=C\c4ccccc4)CCC[C@@H]3[C@@H]2c2ccccc2)C(=O)N1c1ccc([N+](=O)[O-])cc1.